The molecular formula is C23H32O3. The molecule has 7 unspecified atom stereocenters. The second-order valence-corrected chi connectivity index (χ2v) is 9.65. The van der Waals surface area contributed by atoms with E-state index in [0.717, 1.165) is 25.7 Å². The molecule has 7 atom stereocenters. The van der Waals surface area contributed by atoms with Crippen molar-refractivity contribution in [1.82, 2.24) is 0 Å². The van der Waals surface area contributed by atoms with Crippen molar-refractivity contribution >= 4 is 11.8 Å². The summed E-state index contributed by atoms with van der Waals surface area (Å²) in [7, 11) is 0. The Labute approximate surface area is 157 Å². The SMILES string of the molecule is CCC(=O)OC1C(C)CC2C3C=CC4=CC(=O)CCC4(C)C3CCC21C. The molecule has 142 valence electrons. The minimum absolute atomic E-state index is 0.0481. The van der Waals surface area contributed by atoms with Crippen molar-refractivity contribution in [2.45, 2.75) is 72.3 Å². The second-order valence-electron chi connectivity index (χ2n) is 9.65. The smallest absolute Gasteiger partial charge is 0.305 e. The largest absolute Gasteiger partial charge is 0.461 e. The number of carbonyl (C=O) groups excluding carboxylic acids is 2. The standard InChI is InChI=1S/C23H32O3/c1-5-20(25)26-21-14(2)12-19-17-7-6-15-13-16(24)8-10-22(15,3)18(17)9-11-23(19,21)4/h6-7,13-14,17-19,21H,5,8-12H2,1-4H3. The molecule has 0 aromatic carbocycles. The molecule has 0 spiro atoms. The van der Waals surface area contributed by atoms with Gasteiger partial charge in [-0.05, 0) is 66.4 Å². The van der Waals surface area contributed by atoms with Crippen LogP contribution in [0.4, 0.5) is 0 Å². The summed E-state index contributed by atoms with van der Waals surface area (Å²) in [5.74, 6) is 2.35. The van der Waals surface area contributed by atoms with Gasteiger partial charge in [0.25, 0.3) is 0 Å². The molecule has 0 bridgehead atoms. The zero-order valence-electron chi connectivity index (χ0n) is 16.6. The number of ether oxygens (including phenoxy) is 1. The van der Waals surface area contributed by atoms with E-state index in [2.05, 4.69) is 32.9 Å². The highest BCUT2D eigenvalue weighted by molar-refractivity contribution is 5.92. The van der Waals surface area contributed by atoms with Gasteiger partial charge in [-0.3, -0.25) is 9.59 Å². The van der Waals surface area contributed by atoms with Crippen molar-refractivity contribution in [3.63, 3.8) is 0 Å². The molecule has 0 aromatic rings. The van der Waals surface area contributed by atoms with Gasteiger partial charge < -0.3 is 4.74 Å². The van der Waals surface area contributed by atoms with Crippen molar-refractivity contribution in [3.8, 4) is 0 Å². The van der Waals surface area contributed by atoms with Gasteiger partial charge in [0.1, 0.15) is 6.10 Å². The number of rotatable bonds is 2. The molecule has 4 aliphatic carbocycles. The summed E-state index contributed by atoms with van der Waals surface area (Å²) in [6.07, 6.45) is 12.1. The summed E-state index contributed by atoms with van der Waals surface area (Å²) in [6, 6.07) is 0. The Morgan fingerprint density at radius 2 is 2.04 bits per heavy atom. The lowest BCUT2D eigenvalue weighted by Crippen LogP contribution is -2.50. The fourth-order valence-corrected chi connectivity index (χ4v) is 6.80. The van der Waals surface area contributed by atoms with Crippen LogP contribution in [-0.4, -0.2) is 17.9 Å². The minimum Gasteiger partial charge on any atom is -0.461 e. The first kappa shape index (κ1) is 18.0. The van der Waals surface area contributed by atoms with Crippen LogP contribution in [0, 0.1) is 34.5 Å². The summed E-state index contributed by atoms with van der Waals surface area (Å²) >= 11 is 0. The third-order valence-corrected chi connectivity index (χ3v) is 8.29. The highest BCUT2D eigenvalue weighted by Gasteiger charge is 2.60. The van der Waals surface area contributed by atoms with Gasteiger partial charge in [-0.25, -0.2) is 0 Å². The Balaban J connectivity index is 1.67. The van der Waals surface area contributed by atoms with Gasteiger partial charge in [0.05, 0.1) is 0 Å². The summed E-state index contributed by atoms with van der Waals surface area (Å²) < 4.78 is 5.95. The quantitative estimate of drug-likeness (QED) is 0.664. The predicted molar refractivity (Wildman–Crippen MR) is 101 cm³/mol. The van der Waals surface area contributed by atoms with Crippen LogP contribution in [0.25, 0.3) is 0 Å². The van der Waals surface area contributed by atoms with Crippen molar-refractivity contribution in [2.75, 3.05) is 0 Å². The van der Waals surface area contributed by atoms with E-state index >= 15 is 0 Å². The molecule has 3 nitrogen and oxygen atoms in total. The first-order chi connectivity index (χ1) is 12.3. The predicted octanol–water partition coefficient (Wildman–Crippen LogP) is 4.86. The number of esters is 1. The number of fused-ring (bicyclic) bond motifs is 5. The first-order valence-electron chi connectivity index (χ1n) is 10.4. The lowest BCUT2D eigenvalue weighted by molar-refractivity contribution is -0.160. The number of ketones is 1. The molecule has 0 aromatic heterocycles. The van der Waals surface area contributed by atoms with Gasteiger partial charge in [0.15, 0.2) is 5.78 Å². The van der Waals surface area contributed by atoms with E-state index in [0.29, 0.717) is 36.5 Å². The Hall–Kier alpha value is -1.38. The van der Waals surface area contributed by atoms with Crippen molar-refractivity contribution < 1.29 is 14.3 Å². The highest BCUT2D eigenvalue weighted by Crippen LogP contribution is 2.65. The van der Waals surface area contributed by atoms with Crippen molar-refractivity contribution in [1.29, 1.82) is 0 Å². The average molecular weight is 357 g/mol. The summed E-state index contributed by atoms with van der Waals surface area (Å²) in [4.78, 5) is 23.9. The molecule has 2 fully saturated rings. The van der Waals surface area contributed by atoms with Gasteiger partial charge in [-0.2, -0.15) is 0 Å². The summed E-state index contributed by atoms with van der Waals surface area (Å²) in [6.45, 7) is 8.87. The molecule has 4 rings (SSSR count). The van der Waals surface area contributed by atoms with Crippen LogP contribution in [0.15, 0.2) is 23.8 Å². The molecule has 0 saturated heterocycles. The van der Waals surface area contributed by atoms with Gasteiger partial charge in [-0.15, -0.1) is 0 Å². The molecule has 0 radical (unpaired) electrons. The van der Waals surface area contributed by atoms with Crippen LogP contribution in [0.5, 0.6) is 0 Å². The highest BCUT2D eigenvalue weighted by atomic mass is 16.5. The van der Waals surface area contributed by atoms with Crippen LogP contribution < -0.4 is 0 Å². The average Bonchev–Trinajstić information content (AvgIpc) is 2.86. The lowest BCUT2D eigenvalue weighted by atomic mass is 9.49. The zero-order chi connectivity index (χ0) is 18.7. The van der Waals surface area contributed by atoms with E-state index in [-0.39, 0.29) is 28.7 Å². The fourth-order valence-electron chi connectivity index (χ4n) is 6.80. The molecule has 0 aliphatic heterocycles. The van der Waals surface area contributed by atoms with Crippen LogP contribution in [-0.2, 0) is 14.3 Å². The molecule has 3 heteroatoms. The maximum absolute atomic E-state index is 12.0. The van der Waals surface area contributed by atoms with Gasteiger partial charge in [0.2, 0.25) is 0 Å². The number of allylic oxidation sites excluding steroid dienone is 4. The Morgan fingerprint density at radius 3 is 2.77 bits per heavy atom. The minimum atomic E-state index is -0.0620. The van der Waals surface area contributed by atoms with E-state index < -0.39 is 0 Å². The van der Waals surface area contributed by atoms with Crippen LogP contribution in [0.3, 0.4) is 0 Å². The topological polar surface area (TPSA) is 43.4 Å². The summed E-state index contributed by atoms with van der Waals surface area (Å²) in [5.41, 5.74) is 1.46. The summed E-state index contributed by atoms with van der Waals surface area (Å²) in [5, 5.41) is 0. The van der Waals surface area contributed by atoms with E-state index in [1.54, 1.807) is 0 Å². The van der Waals surface area contributed by atoms with E-state index in [4.69, 9.17) is 4.74 Å². The van der Waals surface area contributed by atoms with Crippen molar-refractivity contribution in [3.05, 3.63) is 23.8 Å². The van der Waals surface area contributed by atoms with Crippen molar-refractivity contribution in [2.24, 2.45) is 34.5 Å². The molecule has 0 N–H and O–H groups in total. The number of hydrogen-bond acceptors (Lipinski definition) is 3. The Morgan fingerprint density at radius 1 is 1.27 bits per heavy atom. The van der Waals surface area contributed by atoms with E-state index in [9.17, 15) is 9.59 Å². The second kappa shape index (κ2) is 6.07. The maximum atomic E-state index is 12.0. The number of carbonyl (C=O) groups is 2. The Bertz CT molecular complexity index is 690. The van der Waals surface area contributed by atoms with Crippen LogP contribution >= 0.6 is 0 Å². The molecule has 0 amide bonds. The van der Waals surface area contributed by atoms with Crippen LogP contribution in [0.1, 0.15) is 66.2 Å². The molecular weight excluding hydrogens is 324 g/mol. The van der Waals surface area contributed by atoms with E-state index in [1.807, 2.05) is 13.0 Å². The van der Waals surface area contributed by atoms with Gasteiger partial charge in [-0.1, -0.05) is 39.8 Å². The Kier molecular flexibility index (Phi) is 4.20. The third kappa shape index (κ3) is 2.46. The molecule has 0 heterocycles. The molecule has 4 aliphatic rings. The lowest BCUT2D eigenvalue weighted by Gasteiger charge is -2.55. The first-order valence-corrected chi connectivity index (χ1v) is 10.4. The monoisotopic (exact) mass is 356 g/mol. The fraction of sp³-hybridized carbons (Fsp3) is 0.739. The molecule has 26 heavy (non-hydrogen) atoms. The van der Waals surface area contributed by atoms with E-state index in [1.165, 1.54) is 5.57 Å². The van der Waals surface area contributed by atoms with Gasteiger partial charge in [0, 0.05) is 18.3 Å². The maximum Gasteiger partial charge on any atom is 0.305 e. The number of hydrogen-bond donors (Lipinski definition) is 0. The zero-order valence-corrected chi connectivity index (χ0v) is 16.6. The third-order valence-electron chi connectivity index (χ3n) is 8.29. The normalized spacial score (nSPS) is 46.8. The van der Waals surface area contributed by atoms with Gasteiger partial charge >= 0.3 is 5.97 Å². The van der Waals surface area contributed by atoms with Crippen LogP contribution in [0.2, 0.25) is 0 Å². The molecule has 2 saturated carbocycles.